The van der Waals surface area contributed by atoms with Crippen LogP contribution in [-0.2, 0) is 11.2 Å². The lowest BCUT2D eigenvalue weighted by Crippen LogP contribution is -2.35. The number of carboxylic acids is 1. The van der Waals surface area contributed by atoms with Crippen LogP contribution >= 0.6 is 0 Å². The van der Waals surface area contributed by atoms with E-state index in [4.69, 9.17) is 0 Å². The average Bonchev–Trinajstić information content (AvgIpc) is 2.99. The molecule has 0 aliphatic heterocycles. The van der Waals surface area contributed by atoms with Gasteiger partial charge in [-0.2, -0.15) is 0 Å². The molecule has 0 radical (unpaired) electrons. The highest BCUT2D eigenvalue weighted by Gasteiger charge is 2.37. The van der Waals surface area contributed by atoms with Gasteiger partial charge < -0.3 is 15.4 Å². The number of hydrogen-bond acceptors (Lipinski definition) is 4. The Hall–Kier alpha value is -3.22. The molecule has 1 aromatic heterocycles. The van der Waals surface area contributed by atoms with Gasteiger partial charge in [0.2, 0.25) is 0 Å². The largest absolute Gasteiger partial charge is 0.481 e. The second-order valence-corrected chi connectivity index (χ2v) is 8.63. The molecule has 2 atom stereocenters. The van der Waals surface area contributed by atoms with E-state index in [2.05, 4.69) is 10.3 Å². The smallest absolute Gasteiger partial charge is 0.311 e. The minimum Gasteiger partial charge on any atom is -0.481 e. The van der Waals surface area contributed by atoms with Crippen molar-refractivity contribution in [2.45, 2.75) is 45.1 Å². The molecule has 3 N–H and O–H groups in total. The summed E-state index contributed by atoms with van der Waals surface area (Å²) in [6.45, 7) is 3.92. The molecule has 0 spiro atoms. The summed E-state index contributed by atoms with van der Waals surface area (Å²) in [6.07, 6.45) is 1.13. The van der Waals surface area contributed by atoms with Crippen LogP contribution in [-0.4, -0.2) is 27.8 Å². The Morgan fingerprint density at radius 1 is 1.14 bits per heavy atom. The number of rotatable bonds is 3. The van der Waals surface area contributed by atoms with Gasteiger partial charge in [0.15, 0.2) is 5.78 Å². The fourth-order valence-electron chi connectivity index (χ4n) is 4.44. The van der Waals surface area contributed by atoms with Gasteiger partial charge in [0.25, 0.3) is 11.5 Å². The molecule has 7 nitrogen and oxygen atoms in total. The fourth-order valence-corrected chi connectivity index (χ4v) is 4.44. The maximum Gasteiger partial charge on any atom is 0.311 e. The van der Waals surface area contributed by atoms with E-state index in [1.165, 1.54) is 6.07 Å². The van der Waals surface area contributed by atoms with Crippen molar-refractivity contribution in [3.05, 3.63) is 68.6 Å². The number of aromatic amines is 1. The van der Waals surface area contributed by atoms with E-state index in [1.54, 1.807) is 24.3 Å². The summed E-state index contributed by atoms with van der Waals surface area (Å²) in [4.78, 5) is 52.1. The summed E-state index contributed by atoms with van der Waals surface area (Å²) >= 11 is 0. The average molecular weight is 394 g/mol. The van der Waals surface area contributed by atoms with Gasteiger partial charge in [-0.25, -0.2) is 0 Å². The van der Waals surface area contributed by atoms with Crippen molar-refractivity contribution in [2.75, 3.05) is 0 Å². The summed E-state index contributed by atoms with van der Waals surface area (Å²) in [5.41, 5.74) is 1.42. The van der Waals surface area contributed by atoms with Gasteiger partial charge in [-0.3, -0.25) is 19.2 Å². The topological polar surface area (TPSA) is 116 Å². The predicted octanol–water partition coefficient (Wildman–Crippen LogP) is 2.57. The molecule has 150 valence electrons. The normalized spacial score (nSPS) is 21.9. The highest BCUT2D eigenvalue weighted by Crippen LogP contribution is 2.40. The molecule has 2 aliphatic rings. The van der Waals surface area contributed by atoms with Crippen molar-refractivity contribution in [3.8, 4) is 0 Å². The lowest BCUT2D eigenvalue weighted by molar-refractivity contribution is -0.138. The number of fused-ring (bicyclic) bond motifs is 2. The quantitative estimate of drug-likeness (QED) is 0.740. The van der Waals surface area contributed by atoms with Gasteiger partial charge in [0.05, 0.1) is 12.0 Å². The third-order valence-electron chi connectivity index (χ3n) is 5.78. The number of aliphatic carboxylic acids is 1. The Balaban J connectivity index is 1.64. The molecular weight excluding hydrogens is 372 g/mol. The Morgan fingerprint density at radius 3 is 2.52 bits per heavy atom. The van der Waals surface area contributed by atoms with E-state index in [-0.39, 0.29) is 23.2 Å². The first kappa shape index (κ1) is 19.1. The minimum atomic E-state index is -0.950. The molecule has 0 bridgehead atoms. The van der Waals surface area contributed by atoms with E-state index in [1.807, 2.05) is 13.8 Å². The monoisotopic (exact) mass is 394 g/mol. The highest BCUT2D eigenvalue weighted by molar-refractivity contribution is 6.02. The predicted molar refractivity (Wildman–Crippen MR) is 105 cm³/mol. The van der Waals surface area contributed by atoms with Crippen molar-refractivity contribution in [3.63, 3.8) is 0 Å². The van der Waals surface area contributed by atoms with Gasteiger partial charge in [-0.15, -0.1) is 0 Å². The first-order valence-electron chi connectivity index (χ1n) is 9.58. The number of nitrogens with one attached hydrogen (secondary N) is 2. The summed E-state index contributed by atoms with van der Waals surface area (Å²) in [5, 5.41) is 12.3. The highest BCUT2D eigenvalue weighted by atomic mass is 16.4. The molecule has 0 fully saturated rings. The summed E-state index contributed by atoms with van der Waals surface area (Å²) in [5.74, 6) is -2.37. The number of carbonyl (C=O) groups excluding carboxylic acids is 2. The molecule has 2 aliphatic carbocycles. The molecular formula is C22H22N2O5. The van der Waals surface area contributed by atoms with Crippen molar-refractivity contribution in [1.82, 2.24) is 10.3 Å². The Kier molecular flexibility index (Phi) is 4.41. The van der Waals surface area contributed by atoms with Crippen molar-refractivity contribution in [2.24, 2.45) is 5.41 Å². The Labute approximate surface area is 167 Å². The molecule has 29 heavy (non-hydrogen) atoms. The lowest BCUT2D eigenvalue weighted by Gasteiger charge is -2.29. The maximum atomic E-state index is 12.8. The number of carboxylic acid groups (broad SMARTS) is 1. The molecule has 7 heteroatoms. The van der Waals surface area contributed by atoms with E-state index in [0.717, 1.165) is 5.56 Å². The van der Waals surface area contributed by atoms with Crippen LogP contribution < -0.4 is 10.9 Å². The van der Waals surface area contributed by atoms with Gasteiger partial charge in [0, 0.05) is 17.7 Å². The molecule has 1 heterocycles. The standard InChI is InChI=1S/C22H22N2O5/c1-22(2)9-17-14(18(25)10-22)7-15(20(27)24-17)19(26)23-16-8-13(21(28)29)11-5-3-4-6-12(11)16/h3-7,13,16H,8-10H2,1-2H3,(H,23,26)(H,24,27)(H,28,29). The van der Waals surface area contributed by atoms with Gasteiger partial charge in [0.1, 0.15) is 5.56 Å². The van der Waals surface area contributed by atoms with Crippen LogP contribution in [0.15, 0.2) is 35.1 Å². The van der Waals surface area contributed by atoms with Gasteiger partial charge >= 0.3 is 5.97 Å². The number of H-pyrrole nitrogens is 1. The van der Waals surface area contributed by atoms with Crippen LogP contribution in [0, 0.1) is 5.41 Å². The van der Waals surface area contributed by atoms with Crippen molar-refractivity contribution < 1.29 is 19.5 Å². The zero-order valence-corrected chi connectivity index (χ0v) is 16.2. The van der Waals surface area contributed by atoms with Crippen LogP contribution in [0.2, 0.25) is 0 Å². The third-order valence-corrected chi connectivity index (χ3v) is 5.78. The second kappa shape index (κ2) is 6.69. The molecule has 0 saturated carbocycles. The molecule has 0 saturated heterocycles. The summed E-state index contributed by atoms with van der Waals surface area (Å²) in [7, 11) is 0. The van der Waals surface area contributed by atoms with Crippen LogP contribution in [0.5, 0.6) is 0 Å². The van der Waals surface area contributed by atoms with Crippen LogP contribution in [0.25, 0.3) is 0 Å². The van der Waals surface area contributed by atoms with Crippen LogP contribution in [0.1, 0.15) is 76.2 Å². The second-order valence-electron chi connectivity index (χ2n) is 8.63. The zero-order chi connectivity index (χ0) is 20.9. The summed E-state index contributed by atoms with van der Waals surface area (Å²) in [6, 6.07) is 7.94. The van der Waals surface area contributed by atoms with Gasteiger partial charge in [-0.05, 0) is 35.4 Å². The Bertz CT molecular complexity index is 1100. The number of ketones is 1. The molecule has 2 aromatic rings. The van der Waals surface area contributed by atoms with E-state index in [0.29, 0.717) is 29.7 Å². The van der Waals surface area contributed by atoms with E-state index < -0.39 is 29.4 Å². The Morgan fingerprint density at radius 2 is 1.83 bits per heavy atom. The molecule has 2 unspecified atom stereocenters. The fraction of sp³-hybridized carbons (Fsp3) is 0.364. The number of carbonyl (C=O) groups is 3. The number of amides is 1. The number of benzene rings is 1. The number of hydrogen-bond donors (Lipinski definition) is 3. The zero-order valence-electron chi connectivity index (χ0n) is 16.2. The lowest BCUT2D eigenvalue weighted by atomic mass is 9.75. The third kappa shape index (κ3) is 3.37. The first-order valence-corrected chi connectivity index (χ1v) is 9.58. The van der Waals surface area contributed by atoms with Crippen molar-refractivity contribution >= 4 is 17.7 Å². The van der Waals surface area contributed by atoms with E-state index in [9.17, 15) is 24.3 Å². The van der Waals surface area contributed by atoms with Gasteiger partial charge in [-0.1, -0.05) is 38.1 Å². The number of aromatic nitrogens is 1. The minimum absolute atomic E-state index is 0.0984. The molecule has 1 aromatic carbocycles. The SMILES string of the molecule is CC1(C)CC(=O)c2cc(C(=O)NC3CC(C(=O)O)c4ccccc43)c(=O)[nH]c2C1. The summed E-state index contributed by atoms with van der Waals surface area (Å²) < 4.78 is 0. The maximum absolute atomic E-state index is 12.8. The van der Waals surface area contributed by atoms with Crippen LogP contribution in [0.4, 0.5) is 0 Å². The number of pyridine rings is 1. The van der Waals surface area contributed by atoms with Crippen molar-refractivity contribution in [1.29, 1.82) is 0 Å². The number of Topliss-reactive ketones (excluding diaryl/α,β-unsaturated/α-hetero) is 1. The van der Waals surface area contributed by atoms with Crippen LogP contribution in [0.3, 0.4) is 0 Å². The molecule has 1 amide bonds. The van der Waals surface area contributed by atoms with E-state index >= 15 is 0 Å². The first-order chi connectivity index (χ1) is 13.7. The molecule has 4 rings (SSSR count).